The zero-order chi connectivity index (χ0) is 19.4. The van der Waals surface area contributed by atoms with E-state index < -0.39 is 18.0 Å². The fourth-order valence-corrected chi connectivity index (χ4v) is 3.13. The summed E-state index contributed by atoms with van der Waals surface area (Å²) in [7, 11) is 0. The van der Waals surface area contributed by atoms with Gasteiger partial charge in [0.05, 0.1) is 0 Å². The van der Waals surface area contributed by atoms with Crippen LogP contribution < -0.4 is 10.6 Å². The number of para-hydroxylation sites is 1. The summed E-state index contributed by atoms with van der Waals surface area (Å²) in [6.45, 7) is 2.24. The van der Waals surface area contributed by atoms with Crippen molar-refractivity contribution in [2.24, 2.45) is 0 Å². The number of carbonyl (C=O) groups excluding carboxylic acids is 2. The fourth-order valence-electron chi connectivity index (χ4n) is 3.13. The number of benzene rings is 2. The third-order valence-corrected chi connectivity index (χ3v) is 4.56. The molecule has 3 amide bonds. The number of hydrogen-bond donors (Lipinski definition) is 3. The number of likely N-dealkylation sites (tertiary alicyclic amines) is 1. The van der Waals surface area contributed by atoms with Crippen LogP contribution >= 0.6 is 0 Å². The second kappa shape index (κ2) is 7.90. The largest absolute Gasteiger partial charge is 0.480 e. The third kappa shape index (κ3) is 4.25. The van der Waals surface area contributed by atoms with Gasteiger partial charge in [0.2, 0.25) is 0 Å². The van der Waals surface area contributed by atoms with Crippen LogP contribution in [-0.4, -0.2) is 40.5 Å². The first-order valence-corrected chi connectivity index (χ1v) is 8.73. The molecule has 1 saturated heterocycles. The molecule has 3 N–H and O–H groups in total. The first-order valence-electron chi connectivity index (χ1n) is 8.73. The molecule has 7 heteroatoms. The highest BCUT2D eigenvalue weighted by Crippen LogP contribution is 2.23. The zero-order valence-corrected chi connectivity index (χ0v) is 14.9. The molecule has 140 valence electrons. The van der Waals surface area contributed by atoms with Gasteiger partial charge >= 0.3 is 12.0 Å². The van der Waals surface area contributed by atoms with Gasteiger partial charge in [0.1, 0.15) is 6.04 Å². The van der Waals surface area contributed by atoms with Gasteiger partial charge in [0.15, 0.2) is 0 Å². The summed E-state index contributed by atoms with van der Waals surface area (Å²) in [5, 5.41) is 14.7. The summed E-state index contributed by atoms with van der Waals surface area (Å²) in [6, 6.07) is 12.8. The molecule has 0 bridgehead atoms. The lowest BCUT2D eigenvalue weighted by Gasteiger charge is -2.22. The van der Waals surface area contributed by atoms with Gasteiger partial charge in [-0.25, -0.2) is 9.59 Å². The second-order valence-corrected chi connectivity index (χ2v) is 6.47. The van der Waals surface area contributed by atoms with Crippen molar-refractivity contribution in [3.8, 4) is 0 Å². The molecule has 1 unspecified atom stereocenters. The van der Waals surface area contributed by atoms with E-state index in [9.17, 15) is 19.5 Å². The van der Waals surface area contributed by atoms with Gasteiger partial charge in [-0.3, -0.25) is 4.79 Å². The van der Waals surface area contributed by atoms with Crippen LogP contribution in [0.5, 0.6) is 0 Å². The van der Waals surface area contributed by atoms with Crippen molar-refractivity contribution in [2.75, 3.05) is 17.2 Å². The molecule has 27 heavy (non-hydrogen) atoms. The summed E-state index contributed by atoms with van der Waals surface area (Å²) in [5.74, 6) is -1.33. The van der Waals surface area contributed by atoms with E-state index in [0.717, 1.165) is 5.56 Å². The number of carboxylic acid groups (broad SMARTS) is 1. The third-order valence-electron chi connectivity index (χ3n) is 4.56. The Bertz CT molecular complexity index is 867. The number of amides is 3. The normalized spacial score (nSPS) is 16.0. The first-order chi connectivity index (χ1) is 13.0. The first kappa shape index (κ1) is 18.4. The van der Waals surface area contributed by atoms with E-state index in [4.69, 9.17) is 0 Å². The lowest BCUT2D eigenvalue weighted by molar-refractivity contribution is -0.141. The molecule has 3 rings (SSSR count). The maximum absolute atomic E-state index is 12.7. The summed E-state index contributed by atoms with van der Waals surface area (Å²) >= 11 is 0. The van der Waals surface area contributed by atoms with Crippen LogP contribution in [-0.2, 0) is 4.79 Å². The van der Waals surface area contributed by atoms with E-state index in [2.05, 4.69) is 10.6 Å². The van der Waals surface area contributed by atoms with Crippen LogP contribution in [0.25, 0.3) is 0 Å². The minimum atomic E-state index is -0.992. The van der Waals surface area contributed by atoms with Gasteiger partial charge in [-0.15, -0.1) is 0 Å². The van der Waals surface area contributed by atoms with Crippen LogP contribution in [0.3, 0.4) is 0 Å². The zero-order valence-electron chi connectivity index (χ0n) is 14.9. The number of hydrogen-bond acceptors (Lipinski definition) is 3. The van der Waals surface area contributed by atoms with E-state index in [1.165, 1.54) is 4.90 Å². The average Bonchev–Trinajstić information content (AvgIpc) is 3.14. The predicted molar refractivity (Wildman–Crippen MR) is 102 cm³/mol. The summed E-state index contributed by atoms with van der Waals surface area (Å²) < 4.78 is 0. The quantitative estimate of drug-likeness (QED) is 0.772. The van der Waals surface area contributed by atoms with Crippen molar-refractivity contribution in [2.45, 2.75) is 25.8 Å². The molecule has 7 nitrogen and oxygen atoms in total. The number of aliphatic carboxylic acids is 1. The minimum Gasteiger partial charge on any atom is -0.480 e. The number of urea groups is 1. The van der Waals surface area contributed by atoms with Crippen LogP contribution in [0, 0.1) is 6.92 Å². The topological polar surface area (TPSA) is 98.7 Å². The number of rotatable bonds is 4. The van der Waals surface area contributed by atoms with Crippen molar-refractivity contribution >= 4 is 29.3 Å². The molecule has 0 radical (unpaired) electrons. The molecule has 0 saturated carbocycles. The molecule has 0 spiro atoms. The highest BCUT2D eigenvalue weighted by molar-refractivity contribution is 6.02. The Morgan fingerprint density at radius 2 is 1.81 bits per heavy atom. The number of nitrogens with one attached hydrogen (secondary N) is 2. The Morgan fingerprint density at radius 3 is 2.52 bits per heavy atom. The number of carbonyl (C=O) groups is 3. The fraction of sp³-hybridized carbons (Fsp3) is 0.250. The van der Waals surface area contributed by atoms with E-state index in [1.54, 1.807) is 30.3 Å². The van der Waals surface area contributed by atoms with Gasteiger partial charge in [-0.1, -0.05) is 24.3 Å². The van der Waals surface area contributed by atoms with Gasteiger partial charge in [0, 0.05) is 23.5 Å². The number of carboxylic acids is 1. The standard InChI is InChI=1S/C20H21N3O4/c1-13-9-10-14(18(24)23-11-5-8-17(23)19(25)26)12-16(13)22-20(27)21-15-6-3-2-4-7-15/h2-4,6-7,9-10,12,17H,5,8,11H2,1H3,(H,25,26)(H2,21,22,27). The summed E-state index contributed by atoms with van der Waals surface area (Å²) in [6.07, 6.45) is 1.12. The van der Waals surface area contributed by atoms with E-state index in [-0.39, 0.29) is 5.91 Å². The molecule has 0 aromatic heterocycles. The highest BCUT2D eigenvalue weighted by atomic mass is 16.4. The molecule has 1 atom stereocenters. The van der Waals surface area contributed by atoms with E-state index in [0.29, 0.717) is 36.3 Å². The predicted octanol–water partition coefficient (Wildman–Crippen LogP) is 3.33. The second-order valence-electron chi connectivity index (χ2n) is 6.47. The Kier molecular flexibility index (Phi) is 5.40. The molecule has 1 fully saturated rings. The van der Waals surface area contributed by atoms with Crippen molar-refractivity contribution in [3.63, 3.8) is 0 Å². The summed E-state index contributed by atoms with van der Waals surface area (Å²) in [5.41, 5.74) is 2.30. The van der Waals surface area contributed by atoms with Crippen LogP contribution in [0.15, 0.2) is 48.5 Å². The van der Waals surface area contributed by atoms with Crippen LogP contribution in [0.2, 0.25) is 0 Å². The Balaban J connectivity index is 1.75. The lowest BCUT2D eigenvalue weighted by Crippen LogP contribution is -2.40. The molecular formula is C20H21N3O4. The SMILES string of the molecule is Cc1ccc(C(=O)N2CCCC2C(=O)O)cc1NC(=O)Nc1ccccc1. The molecular weight excluding hydrogens is 346 g/mol. The molecule has 1 heterocycles. The Morgan fingerprint density at radius 1 is 1.07 bits per heavy atom. The molecule has 1 aliphatic rings. The van der Waals surface area contributed by atoms with Crippen LogP contribution in [0.1, 0.15) is 28.8 Å². The van der Waals surface area contributed by atoms with Crippen molar-refractivity contribution in [1.82, 2.24) is 4.90 Å². The molecule has 2 aromatic carbocycles. The average molecular weight is 367 g/mol. The Labute approximate surface area is 157 Å². The molecule has 0 aliphatic carbocycles. The molecule has 1 aliphatic heterocycles. The van der Waals surface area contributed by atoms with Crippen LogP contribution in [0.4, 0.5) is 16.2 Å². The van der Waals surface area contributed by atoms with Gasteiger partial charge in [-0.2, -0.15) is 0 Å². The van der Waals surface area contributed by atoms with Gasteiger partial charge in [0.25, 0.3) is 5.91 Å². The summed E-state index contributed by atoms with van der Waals surface area (Å²) in [4.78, 5) is 37.7. The highest BCUT2D eigenvalue weighted by Gasteiger charge is 2.34. The maximum atomic E-state index is 12.7. The monoisotopic (exact) mass is 367 g/mol. The Hall–Kier alpha value is -3.35. The lowest BCUT2D eigenvalue weighted by atomic mass is 10.1. The van der Waals surface area contributed by atoms with E-state index >= 15 is 0 Å². The number of nitrogens with zero attached hydrogens (tertiary/aromatic N) is 1. The van der Waals surface area contributed by atoms with Gasteiger partial charge < -0.3 is 20.6 Å². The smallest absolute Gasteiger partial charge is 0.326 e. The number of anilines is 2. The maximum Gasteiger partial charge on any atom is 0.326 e. The van der Waals surface area contributed by atoms with Crippen molar-refractivity contribution in [1.29, 1.82) is 0 Å². The van der Waals surface area contributed by atoms with Crippen molar-refractivity contribution in [3.05, 3.63) is 59.7 Å². The molecule has 2 aromatic rings. The number of aryl methyl sites for hydroxylation is 1. The van der Waals surface area contributed by atoms with E-state index in [1.807, 2.05) is 25.1 Å². The van der Waals surface area contributed by atoms with Crippen molar-refractivity contribution < 1.29 is 19.5 Å². The minimum absolute atomic E-state index is 0.341. The van der Waals surface area contributed by atoms with Gasteiger partial charge in [-0.05, 0) is 49.6 Å².